The molecule has 1 fully saturated rings. The summed E-state index contributed by atoms with van der Waals surface area (Å²) in [5.74, 6) is -0.992. The van der Waals surface area contributed by atoms with Crippen LogP contribution in [0.5, 0.6) is 0 Å². The third-order valence-corrected chi connectivity index (χ3v) is 8.72. The molecule has 1 saturated heterocycles. The van der Waals surface area contributed by atoms with E-state index in [9.17, 15) is 18.0 Å². The van der Waals surface area contributed by atoms with Gasteiger partial charge in [-0.1, -0.05) is 76.1 Å². The van der Waals surface area contributed by atoms with Crippen molar-refractivity contribution in [3.05, 3.63) is 107 Å². The predicted molar refractivity (Wildman–Crippen MR) is 143 cm³/mol. The number of amides is 2. The van der Waals surface area contributed by atoms with E-state index in [-0.39, 0.29) is 17.9 Å². The van der Waals surface area contributed by atoms with Gasteiger partial charge in [0.2, 0.25) is 15.9 Å². The first-order valence-corrected chi connectivity index (χ1v) is 13.7. The lowest BCUT2D eigenvalue weighted by Gasteiger charge is -2.27. The Morgan fingerprint density at radius 2 is 1.56 bits per heavy atom. The first-order chi connectivity index (χ1) is 17.2. The summed E-state index contributed by atoms with van der Waals surface area (Å²) in [6.45, 7) is 1.91. The van der Waals surface area contributed by atoms with Crippen LogP contribution in [0, 0.1) is 6.92 Å². The largest absolute Gasteiger partial charge is 0.274 e. The number of imide groups is 1. The number of halogens is 1. The van der Waals surface area contributed by atoms with Crippen molar-refractivity contribution in [3.8, 4) is 0 Å². The zero-order chi connectivity index (χ0) is 25.4. The Hall–Kier alpha value is -3.33. The van der Waals surface area contributed by atoms with Gasteiger partial charge in [-0.05, 0) is 59.7 Å². The molecule has 1 atom stereocenters. The third kappa shape index (κ3) is 4.59. The number of carbonyl (C=O) groups excluding carboxylic acids is 2. The van der Waals surface area contributed by atoms with Gasteiger partial charge in [0.25, 0.3) is 5.91 Å². The van der Waals surface area contributed by atoms with Crippen molar-refractivity contribution in [1.82, 2.24) is 4.31 Å². The summed E-state index contributed by atoms with van der Waals surface area (Å²) < 4.78 is 30.0. The van der Waals surface area contributed by atoms with Crippen molar-refractivity contribution < 1.29 is 18.0 Å². The normalized spacial score (nSPS) is 16.3. The summed E-state index contributed by atoms with van der Waals surface area (Å²) in [6, 6.07) is 25.5. The van der Waals surface area contributed by atoms with Crippen LogP contribution >= 0.6 is 15.9 Å². The Kier molecular flexibility index (Phi) is 6.51. The lowest BCUT2D eigenvalue weighted by atomic mass is 10.1. The number of hydrogen-bond acceptors (Lipinski definition) is 4. The van der Waals surface area contributed by atoms with Crippen LogP contribution in [0.25, 0.3) is 10.8 Å². The fourth-order valence-electron chi connectivity index (χ4n) is 4.40. The number of hydrogen-bond donors (Lipinski definition) is 0. The number of aryl methyl sites for hydroxylation is 1. The molecule has 0 radical (unpaired) electrons. The van der Waals surface area contributed by atoms with Gasteiger partial charge in [-0.2, -0.15) is 4.31 Å². The second-order valence-corrected chi connectivity index (χ2v) is 11.6. The Balaban J connectivity index is 1.57. The minimum Gasteiger partial charge on any atom is -0.274 e. The van der Waals surface area contributed by atoms with Gasteiger partial charge in [-0.25, -0.2) is 13.3 Å². The van der Waals surface area contributed by atoms with Crippen LogP contribution in [0.15, 0.2) is 100 Å². The number of benzene rings is 4. The molecule has 0 saturated carbocycles. The highest BCUT2D eigenvalue weighted by Crippen LogP contribution is 2.32. The minimum atomic E-state index is -4.13. The van der Waals surface area contributed by atoms with E-state index in [0.717, 1.165) is 31.3 Å². The Morgan fingerprint density at radius 3 is 2.25 bits per heavy atom. The van der Waals surface area contributed by atoms with E-state index in [2.05, 4.69) is 15.9 Å². The molecule has 1 aliphatic heterocycles. The lowest BCUT2D eigenvalue weighted by molar-refractivity contribution is -0.122. The highest BCUT2D eigenvalue weighted by molar-refractivity contribution is 9.10. The van der Waals surface area contributed by atoms with Gasteiger partial charge in [0.05, 0.1) is 17.0 Å². The molecular weight excluding hydrogens is 540 g/mol. The third-order valence-electron chi connectivity index (χ3n) is 6.34. The first kappa shape index (κ1) is 24.4. The molecule has 1 aliphatic rings. The fourth-order valence-corrected chi connectivity index (χ4v) is 6.27. The smallest absolute Gasteiger partial charge is 0.252 e. The van der Waals surface area contributed by atoms with Crippen LogP contribution in [-0.4, -0.2) is 30.6 Å². The average molecular weight is 563 g/mol. The van der Waals surface area contributed by atoms with E-state index < -0.39 is 27.9 Å². The fraction of sp³-hybridized carbons (Fsp3) is 0.143. The molecule has 5 rings (SSSR count). The summed E-state index contributed by atoms with van der Waals surface area (Å²) in [6.07, 6.45) is -0.229. The van der Waals surface area contributed by atoms with Crippen molar-refractivity contribution >= 4 is 54.2 Å². The summed E-state index contributed by atoms with van der Waals surface area (Å²) in [4.78, 5) is 27.7. The highest BCUT2D eigenvalue weighted by atomic mass is 79.9. The van der Waals surface area contributed by atoms with Gasteiger partial charge in [-0.3, -0.25) is 9.59 Å². The first-order valence-electron chi connectivity index (χ1n) is 11.4. The highest BCUT2D eigenvalue weighted by Gasteiger charge is 2.47. The Morgan fingerprint density at radius 1 is 0.889 bits per heavy atom. The van der Waals surface area contributed by atoms with Gasteiger partial charge in [0.1, 0.15) is 6.04 Å². The molecule has 4 aromatic carbocycles. The lowest BCUT2D eigenvalue weighted by Crippen LogP contribution is -2.45. The van der Waals surface area contributed by atoms with Crippen LogP contribution in [0.3, 0.4) is 0 Å². The predicted octanol–water partition coefficient (Wildman–Crippen LogP) is 5.43. The SMILES string of the molecule is Cc1ccc(CN(C2CC(=O)N(c3ccc(Br)cc3)C2=O)S(=O)(=O)c2ccc3ccccc3c2)cc1. The Labute approximate surface area is 218 Å². The van der Waals surface area contributed by atoms with Crippen LogP contribution in [0.2, 0.25) is 0 Å². The second kappa shape index (κ2) is 9.61. The maximum atomic E-state index is 14.0. The molecule has 36 heavy (non-hydrogen) atoms. The second-order valence-electron chi connectivity index (χ2n) is 8.81. The van der Waals surface area contributed by atoms with Crippen molar-refractivity contribution in [3.63, 3.8) is 0 Å². The summed E-state index contributed by atoms with van der Waals surface area (Å²) in [7, 11) is -4.13. The van der Waals surface area contributed by atoms with Crippen LogP contribution < -0.4 is 4.90 Å². The zero-order valence-electron chi connectivity index (χ0n) is 19.5. The maximum Gasteiger partial charge on any atom is 0.252 e. The zero-order valence-corrected chi connectivity index (χ0v) is 21.9. The van der Waals surface area contributed by atoms with E-state index in [1.165, 1.54) is 4.31 Å². The average Bonchev–Trinajstić information content (AvgIpc) is 3.17. The number of sulfonamides is 1. The van der Waals surface area contributed by atoms with Crippen LogP contribution in [0.1, 0.15) is 17.5 Å². The molecule has 6 nitrogen and oxygen atoms in total. The van der Waals surface area contributed by atoms with Gasteiger partial charge >= 0.3 is 0 Å². The molecule has 0 bridgehead atoms. The molecule has 2 amide bonds. The number of nitrogens with zero attached hydrogens (tertiary/aromatic N) is 2. The van der Waals surface area contributed by atoms with Gasteiger partial charge in [0, 0.05) is 11.0 Å². The van der Waals surface area contributed by atoms with Gasteiger partial charge in [-0.15, -0.1) is 0 Å². The number of rotatable bonds is 6. The molecule has 8 heteroatoms. The summed E-state index contributed by atoms with van der Waals surface area (Å²) >= 11 is 3.35. The molecule has 0 N–H and O–H groups in total. The van der Waals surface area contributed by atoms with E-state index in [4.69, 9.17) is 0 Å². The molecular formula is C28H23BrN2O4S. The quantitative estimate of drug-likeness (QED) is 0.293. The monoisotopic (exact) mass is 562 g/mol. The Bertz CT molecular complexity index is 1570. The maximum absolute atomic E-state index is 14.0. The molecule has 4 aromatic rings. The van der Waals surface area contributed by atoms with Gasteiger partial charge < -0.3 is 0 Å². The van der Waals surface area contributed by atoms with E-state index in [1.54, 1.807) is 42.5 Å². The van der Waals surface area contributed by atoms with Crippen molar-refractivity contribution in [1.29, 1.82) is 0 Å². The summed E-state index contributed by atoms with van der Waals surface area (Å²) in [5.41, 5.74) is 2.18. The standard InChI is InChI=1S/C28H23BrN2O4S/c1-19-6-8-20(9-7-19)18-30(36(34,35)25-15-10-21-4-2-3-5-22(21)16-25)26-17-27(32)31(28(26)33)24-13-11-23(29)12-14-24/h2-16,26H,17-18H2,1H3. The van der Waals surface area contributed by atoms with Crippen molar-refractivity contribution in [2.45, 2.75) is 30.8 Å². The molecule has 1 heterocycles. The van der Waals surface area contributed by atoms with E-state index >= 15 is 0 Å². The molecule has 182 valence electrons. The number of carbonyl (C=O) groups is 2. The molecule has 0 aromatic heterocycles. The van der Waals surface area contributed by atoms with Gasteiger partial charge in [0.15, 0.2) is 0 Å². The molecule has 0 spiro atoms. The van der Waals surface area contributed by atoms with E-state index in [1.807, 2.05) is 55.5 Å². The van der Waals surface area contributed by atoms with E-state index in [0.29, 0.717) is 5.69 Å². The molecule has 0 aliphatic carbocycles. The van der Waals surface area contributed by atoms with Crippen molar-refractivity contribution in [2.75, 3.05) is 4.90 Å². The molecule has 1 unspecified atom stereocenters. The summed E-state index contributed by atoms with van der Waals surface area (Å²) in [5, 5.41) is 1.69. The number of fused-ring (bicyclic) bond motifs is 1. The van der Waals surface area contributed by atoms with Crippen molar-refractivity contribution in [2.24, 2.45) is 0 Å². The van der Waals surface area contributed by atoms with Crippen LogP contribution in [0.4, 0.5) is 5.69 Å². The van der Waals surface area contributed by atoms with Crippen LogP contribution in [-0.2, 0) is 26.2 Å². The topological polar surface area (TPSA) is 74.8 Å². The minimum absolute atomic E-state index is 0.0344. The number of anilines is 1.